The molecule has 0 unspecified atom stereocenters. The maximum Gasteiger partial charge on any atom is 0.298 e. The van der Waals surface area contributed by atoms with Crippen molar-refractivity contribution in [2.45, 2.75) is 13.5 Å². The Bertz CT molecular complexity index is 1170. The Labute approximate surface area is 212 Å². The van der Waals surface area contributed by atoms with Gasteiger partial charge >= 0.3 is 0 Å². The van der Waals surface area contributed by atoms with E-state index in [2.05, 4.69) is 64.2 Å². The summed E-state index contributed by atoms with van der Waals surface area (Å²) in [7, 11) is 0. The Morgan fingerprint density at radius 1 is 0.968 bits per heavy atom. The van der Waals surface area contributed by atoms with Gasteiger partial charge in [0.15, 0.2) is 0 Å². The summed E-state index contributed by atoms with van der Waals surface area (Å²) in [6, 6.07) is 21.1. The van der Waals surface area contributed by atoms with E-state index < -0.39 is 0 Å². The average Bonchev–Trinajstić information content (AvgIpc) is 3.01. The van der Waals surface area contributed by atoms with Crippen LogP contribution in [0.2, 0.25) is 0 Å². The largest absolute Gasteiger partial charge is 0.487 e. The predicted octanol–water partition coefficient (Wildman–Crippen LogP) is 7.02. The number of imide groups is 1. The van der Waals surface area contributed by atoms with Gasteiger partial charge in [-0.25, -0.2) is 4.90 Å². The highest BCUT2D eigenvalue weighted by Crippen LogP contribution is 2.37. The zero-order chi connectivity index (χ0) is 22.0. The number of halogens is 2. The van der Waals surface area contributed by atoms with Crippen LogP contribution in [0.1, 0.15) is 16.7 Å². The van der Waals surface area contributed by atoms with Gasteiger partial charge < -0.3 is 4.74 Å². The van der Waals surface area contributed by atoms with Gasteiger partial charge in [0, 0.05) is 0 Å². The van der Waals surface area contributed by atoms with Crippen LogP contribution in [0, 0.1) is 14.1 Å². The Morgan fingerprint density at radius 2 is 1.68 bits per heavy atom. The predicted molar refractivity (Wildman–Crippen MR) is 142 cm³/mol. The number of para-hydroxylation sites is 1. The average molecular weight is 653 g/mol. The number of thioether (sulfide) groups is 1. The quantitative estimate of drug-likeness (QED) is 0.220. The van der Waals surface area contributed by atoms with E-state index in [1.54, 1.807) is 18.2 Å². The molecule has 1 aliphatic heterocycles. The third kappa shape index (κ3) is 5.15. The summed E-state index contributed by atoms with van der Waals surface area (Å²) in [6.07, 6.45) is 1.77. The number of benzene rings is 3. The minimum atomic E-state index is -0.300. The first-order valence-electron chi connectivity index (χ1n) is 9.43. The molecular weight excluding hydrogens is 636 g/mol. The summed E-state index contributed by atoms with van der Waals surface area (Å²) in [4.78, 5) is 26.9. The lowest BCUT2D eigenvalue weighted by molar-refractivity contribution is -0.113. The second-order valence-electron chi connectivity index (χ2n) is 6.94. The number of nitrogens with zero attached hydrogens (tertiary/aromatic N) is 1. The van der Waals surface area contributed by atoms with Gasteiger partial charge in [-0.15, -0.1) is 0 Å². The van der Waals surface area contributed by atoms with Crippen molar-refractivity contribution in [1.82, 2.24) is 0 Å². The number of aryl methyl sites for hydroxylation is 1. The monoisotopic (exact) mass is 653 g/mol. The second kappa shape index (κ2) is 9.74. The summed E-state index contributed by atoms with van der Waals surface area (Å²) in [5.41, 5.74) is 3.75. The van der Waals surface area contributed by atoms with Crippen LogP contribution < -0.4 is 9.64 Å². The molecule has 4 nitrogen and oxygen atoms in total. The summed E-state index contributed by atoms with van der Waals surface area (Å²) >= 11 is 5.44. The SMILES string of the molecule is Cc1cccc(COc2c(I)cc(/C=C3\SC(=O)N(c4ccccc4)C3=O)cc2I)c1. The molecule has 0 aliphatic carbocycles. The normalized spacial score (nSPS) is 15.1. The molecule has 0 bridgehead atoms. The lowest BCUT2D eigenvalue weighted by Gasteiger charge is -2.12. The molecule has 3 aromatic carbocycles. The summed E-state index contributed by atoms with van der Waals surface area (Å²) in [5, 5.41) is -0.287. The Kier molecular flexibility index (Phi) is 7.02. The topological polar surface area (TPSA) is 46.6 Å². The number of carbonyl (C=O) groups is 2. The zero-order valence-corrected chi connectivity index (χ0v) is 21.6. The van der Waals surface area contributed by atoms with Crippen LogP contribution in [0.25, 0.3) is 6.08 Å². The minimum Gasteiger partial charge on any atom is -0.487 e. The number of carbonyl (C=O) groups excluding carboxylic acids is 2. The molecule has 1 heterocycles. The highest BCUT2D eigenvalue weighted by molar-refractivity contribution is 14.1. The molecule has 0 N–H and O–H groups in total. The lowest BCUT2D eigenvalue weighted by atomic mass is 10.1. The van der Waals surface area contributed by atoms with Crippen LogP contribution in [-0.2, 0) is 11.4 Å². The van der Waals surface area contributed by atoms with Gasteiger partial charge in [-0.2, -0.15) is 0 Å². The molecule has 31 heavy (non-hydrogen) atoms. The summed E-state index contributed by atoms with van der Waals surface area (Å²) < 4.78 is 7.98. The molecule has 156 valence electrons. The molecule has 1 saturated heterocycles. The van der Waals surface area contributed by atoms with Crippen LogP contribution in [0.4, 0.5) is 10.5 Å². The van der Waals surface area contributed by atoms with E-state index >= 15 is 0 Å². The third-order valence-corrected chi connectivity index (χ3v) is 7.06. The van der Waals surface area contributed by atoms with Gasteiger partial charge in [0.1, 0.15) is 12.4 Å². The van der Waals surface area contributed by atoms with Gasteiger partial charge in [-0.05, 0) is 105 Å². The van der Waals surface area contributed by atoms with E-state index in [0.29, 0.717) is 17.2 Å². The van der Waals surface area contributed by atoms with Crippen molar-refractivity contribution >= 4 is 79.9 Å². The highest BCUT2D eigenvalue weighted by atomic mass is 127. The molecule has 0 saturated carbocycles. The molecule has 1 aliphatic rings. The Morgan fingerprint density at radius 3 is 2.35 bits per heavy atom. The Balaban J connectivity index is 1.55. The van der Waals surface area contributed by atoms with E-state index in [-0.39, 0.29) is 11.1 Å². The van der Waals surface area contributed by atoms with Gasteiger partial charge in [0.05, 0.1) is 17.7 Å². The maximum absolute atomic E-state index is 12.8. The van der Waals surface area contributed by atoms with Crippen molar-refractivity contribution in [1.29, 1.82) is 0 Å². The first-order valence-corrected chi connectivity index (χ1v) is 12.4. The van der Waals surface area contributed by atoms with E-state index in [1.807, 2.05) is 42.5 Å². The van der Waals surface area contributed by atoms with Crippen LogP contribution in [-0.4, -0.2) is 11.1 Å². The lowest BCUT2D eigenvalue weighted by Crippen LogP contribution is -2.27. The number of amides is 2. The third-order valence-electron chi connectivity index (χ3n) is 4.59. The fourth-order valence-corrected chi connectivity index (χ4v) is 6.15. The summed E-state index contributed by atoms with van der Waals surface area (Å²) in [6.45, 7) is 2.55. The van der Waals surface area contributed by atoms with E-state index in [4.69, 9.17) is 4.74 Å². The fourth-order valence-electron chi connectivity index (χ4n) is 3.18. The number of ether oxygens (including phenoxy) is 1. The Hall–Kier alpha value is -1.85. The number of anilines is 1. The van der Waals surface area contributed by atoms with Gasteiger partial charge in [0.25, 0.3) is 11.1 Å². The van der Waals surface area contributed by atoms with Crippen molar-refractivity contribution in [3.05, 3.63) is 95.5 Å². The number of hydrogen-bond donors (Lipinski definition) is 0. The molecule has 0 radical (unpaired) electrons. The van der Waals surface area contributed by atoms with Crippen LogP contribution in [0.15, 0.2) is 71.6 Å². The van der Waals surface area contributed by atoms with E-state index in [9.17, 15) is 9.59 Å². The van der Waals surface area contributed by atoms with Gasteiger partial charge in [0.2, 0.25) is 0 Å². The van der Waals surface area contributed by atoms with Crippen molar-refractivity contribution in [3.8, 4) is 5.75 Å². The number of hydrogen-bond acceptors (Lipinski definition) is 4. The minimum absolute atomic E-state index is 0.287. The van der Waals surface area contributed by atoms with E-state index in [0.717, 1.165) is 35.8 Å². The fraction of sp³-hybridized carbons (Fsp3) is 0.0833. The molecule has 1 fully saturated rings. The highest BCUT2D eigenvalue weighted by Gasteiger charge is 2.36. The smallest absolute Gasteiger partial charge is 0.298 e. The molecule has 4 rings (SSSR count). The maximum atomic E-state index is 12.8. The number of rotatable bonds is 5. The molecule has 0 aromatic heterocycles. The standard InChI is InChI=1S/C24H17I2NO3S/c1-15-6-5-7-16(10-15)14-30-22-19(25)11-17(12-20(22)26)13-21-23(28)27(24(29)31-21)18-8-3-2-4-9-18/h2-13H,14H2,1H3/b21-13-. The molecule has 3 aromatic rings. The van der Waals surface area contributed by atoms with E-state index in [1.165, 1.54) is 10.5 Å². The molecule has 7 heteroatoms. The molecule has 2 amide bonds. The second-order valence-corrected chi connectivity index (χ2v) is 10.3. The molecule has 0 atom stereocenters. The first-order chi connectivity index (χ1) is 14.9. The van der Waals surface area contributed by atoms with Crippen LogP contribution in [0.5, 0.6) is 5.75 Å². The first kappa shape index (κ1) is 22.3. The molecular formula is C24H17I2NO3S. The molecule has 0 spiro atoms. The van der Waals surface area contributed by atoms with Crippen molar-refractivity contribution in [2.75, 3.05) is 4.90 Å². The summed E-state index contributed by atoms with van der Waals surface area (Å²) in [5.74, 6) is 0.517. The zero-order valence-electron chi connectivity index (χ0n) is 16.5. The van der Waals surface area contributed by atoms with Gasteiger partial charge in [-0.1, -0.05) is 48.0 Å². The van der Waals surface area contributed by atoms with Crippen molar-refractivity contribution in [2.24, 2.45) is 0 Å². The van der Waals surface area contributed by atoms with Crippen LogP contribution >= 0.6 is 56.9 Å². The van der Waals surface area contributed by atoms with Crippen molar-refractivity contribution in [3.63, 3.8) is 0 Å². The van der Waals surface area contributed by atoms with Crippen LogP contribution in [0.3, 0.4) is 0 Å². The van der Waals surface area contributed by atoms with Gasteiger partial charge in [-0.3, -0.25) is 9.59 Å². The van der Waals surface area contributed by atoms with Crippen molar-refractivity contribution < 1.29 is 14.3 Å².